The van der Waals surface area contributed by atoms with E-state index in [1.165, 1.54) is 12.4 Å². The van der Waals surface area contributed by atoms with Gasteiger partial charge in [-0.05, 0) is 29.8 Å². The van der Waals surface area contributed by atoms with Gasteiger partial charge in [-0.3, -0.25) is 0 Å². The second-order valence-corrected chi connectivity index (χ2v) is 5.26. The quantitative estimate of drug-likeness (QED) is 0.549. The summed E-state index contributed by atoms with van der Waals surface area (Å²) in [6.07, 6.45) is 3.09. The molecule has 24 heavy (non-hydrogen) atoms. The zero-order valence-electron chi connectivity index (χ0n) is 12.9. The highest BCUT2D eigenvalue weighted by molar-refractivity contribution is 6.00. The van der Waals surface area contributed by atoms with Gasteiger partial charge < -0.3 is 9.15 Å². The number of fused-ring (bicyclic) bond motifs is 1. The van der Waals surface area contributed by atoms with Gasteiger partial charge in [-0.1, -0.05) is 24.3 Å². The Balaban J connectivity index is 2.01. The lowest BCUT2D eigenvalue weighted by Crippen LogP contribution is -1.86. The molecule has 0 atom stereocenters. The molecule has 5 heteroatoms. The summed E-state index contributed by atoms with van der Waals surface area (Å²) >= 11 is 0. The molecule has 118 valence electrons. The zero-order chi connectivity index (χ0) is 16.5. The molecule has 0 aliphatic heterocycles. The van der Waals surface area contributed by atoms with Gasteiger partial charge in [0.15, 0.2) is 0 Å². The van der Waals surface area contributed by atoms with Crippen LogP contribution in [0.4, 0.5) is 4.39 Å². The van der Waals surface area contributed by atoms with Gasteiger partial charge in [0.1, 0.15) is 23.7 Å². The van der Waals surface area contributed by atoms with Gasteiger partial charge in [0.25, 0.3) is 0 Å². The molecule has 0 aliphatic carbocycles. The third kappa shape index (κ3) is 2.31. The van der Waals surface area contributed by atoms with Gasteiger partial charge in [0, 0.05) is 11.8 Å². The molecule has 0 saturated carbocycles. The third-order valence-electron chi connectivity index (χ3n) is 3.87. The summed E-state index contributed by atoms with van der Waals surface area (Å²) in [5, 5.41) is 0.737. The fourth-order valence-corrected chi connectivity index (χ4v) is 2.72. The van der Waals surface area contributed by atoms with Crippen molar-refractivity contribution >= 4 is 11.1 Å². The zero-order valence-corrected chi connectivity index (χ0v) is 12.9. The lowest BCUT2D eigenvalue weighted by atomic mass is 9.99. The van der Waals surface area contributed by atoms with Crippen molar-refractivity contribution in [3.8, 4) is 28.2 Å². The van der Waals surface area contributed by atoms with Crippen LogP contribution in [0.25, 0.3) is 33.6 Å². The van der Waals surface area contributed by atoms with Crippen molar-refractivity contribution in [3.63, 3.8) is 0 Å². The Morgan fingerprint density at radius 1 is 1.04 bits per heavy atom. The van der Waals surface area contributed by atoms with Crippen molar-refractivity contribution in [2.45, 2.75) is 0 Å². The minimum absolute atomic E-state index is 0.348. The highest BCUT2D eigenvalue weighted by Gasteiger charge is 2.20. The van der Waals surface area contributed by atoms with Crippen molar-refractivity contribution in [1.82, 2.24) is 9.97 Å². The first-order valence-electron chi connectivity index (χ1n) is 7.40. The lowest BCUT2D eigenvalue weighted by molar-refractivity contribution is 0.415. The van der Waals surface area contributed by atoms with Gasteiger partial charge in [-0.15, -0.1) is 0 Å². The number of rotatable bonds is 3. The average Bonchev–Trinajstić information content (AvgIpc) is 3.01. The highest BCUT2D eigenvalue weighted by Crippen LogP contribution is 2.40. The van der Waals surface area contributed by atoms with Crippen molar-refractivity contribution in [2.75, 3.05) is 7.11 Å². The Kier molecular flexibility index (Phi) is 3.46. The Morgan fingerprint density at radius 2 is 1.83 bits per heavy atom. The van der Waals surface area contributed by atoms with Crippen LogP contribution < -0.4 is 4.74 Å². The number of halogens is 1. The number of ether oxygens (including phenoxy) is 1. The maximum absolute atomic E-state index is 14.3. The molecular formula is C19H13FN2O2. The summed E-state index contributed by atoms with van der Waals surface area (Å²) < 4.78 is 25.4. The molecule has 0 saturated heterocycles. The van der Waals surface area contributed by atoms with Crippen LogP contribution in [-0.4, -0.2) is 17.1 Å². The normalized spacial score (nSPS) is 10.9. The van der Waals surface area contributed by atoms with E-state index in [0.717, 1.165) is 22.3 Å². The molecule has 2 heterocycles. The topological polar surface area (TPSA) is 48.2 Å². The number of hydrogen-bond acceptors (Lipinski definition) is 4. The van der Waals surface area contributed by atoms with Crippen LogP contribution in [0.3, 0.4) is 0 Å². The molecule has 4 aromatic rings. The van der Waals surface area contributed by atoms with Crippen LogP contribution in [0, 0.1) is 5.82 Å². The fourth-order valence-electron chi connectivity index (χ4n) is 2.72. The minimum atomic E-state index is -0.348. The van der Waals surface area contributed by atoms with Crippen LogP contribution >= 0.6 is 0 Å². The third-order valence-corrected chi connectivity index (χ3v) is 3.87. The summed E-state index contributed by atoms with van der Waals surface area (Å²) in [6.45, 7) is 0. The second kappa shape index (κ2) is 5.77. The van der Waals surface area contributed by atoms with E-state index in [1.807, 2.05) is 24.3 Å². The first-order chi connectivity index (χ1) is 11.8. The van der Waals surface area contributed by atoms with Gasteiger partial charge in [-0.2, -0.15) is 0 Å². The standard InChI is InChI=1S/C19H13FN2O2/c1-23-13-8-6-12(7-9-13)17-15-10-21-11-22-19(15)24-18(17)14-4-2-3-5-16(14)20/h2-11H,1H3. The number of furan rings is 1. The van der Waals surface area contributed by atoms with Crippen LogP contribution in [0.15, 0.2) is 65.5 Å². The molecule has 0 aliphatic rings. The van der Waals surface area contributed by atoms with Gasteiger partial charge in [0.2, 0.25) is 5.71 Å². The average molecular weight is 320 g/mol. The van der Waals surface area contributed by atoms with E-state index in [1.54, 1.807) is 31.5 Å². The summed E-state index contributed by atoms with van der Waals surface area (Å²) in [4.78, 5) is 8.22. The summed E-state index contributed by atoms with van der Waals surface area (Å²) in [7, 11) is 1.61. The molecule has 0 N–H and O–H groups in total. The van der Waals surface area contributed by atoms with Crippen LogP contribution in [0.2, 0.25) is 0 Å². The number of hydrogen-bond donors (Lipinski definition) is 0. The first kappa shape index (κ1) is 14.4. The predicted octanol–water partition coefficient (Wildman–Crippen LogP) is 4.70. The number of nitrogens with zero attached hydrogens (tertiary/aromatic N) is 2. The smallest absolute Gasteiger partial charge is 0.230 e. The molecule has 0 radical (unpaired) electrons. The lowest BCUT2D eigenvalue weighted by Gasteiger charge is -2.06. The van der Waals surface area contributed by atoms with E-state index >= 15 is 0 Å². The molecule has 4 nitrogen and oxygen atoms in total. The van der Waals surface area contributed by atoms with Gasteiger partial charge >= 0.3 is 0 Å². The monoisotopic (exact) mass is 320 g/mol. The summed E-state index contributed by atoms with van der Waals surface area (Å²) in [5.74, 6) is 0.836. The molecule has 0 spiro atoms. The van der Waals surface area contributed by atoms with E-state index in [-0.39, 0.29) is 5.82 Å². The maximum Gasteiger partial charge on any atom is 0.230 e. The fraction of sp³-hybridized carbons (Fsp3) is 0.0526. The number of benzene rings is 2. The largest absolute Gasteiger partial charge is 0.497 e. The van der Waals surface area contributed by atoms with Crippen molar-refractivity contribution in [3.05, 3.63) is 66.9 Å². The molecular weight excluding hydrogens is 307 g/mol. The Bertz CT molecular complexity index is 1010. The molecule has 0 unspecified atom stereocenters. The van der Waals surface area contributed by atoms with E-state index < -0.39 is 0 Å². The molecule has 0 fully saturated rings. The van der Waals surface area contributed by atoms with E-state index in [0.29, 0.717) is 17.0 Å². The van der Waals surface area contributed by atoms with Crippen LogP contribution in [-0.2, 0) is 0 Å². The summed E-state index contributed by atoms with van der Waals surface area (Å²) in [5.41, 5.74) is 2.45. The summed E-state index contributed by atoms with van der Waals surface area (Å²) in [6, 6.07) is 14.0. The molecule has 4 rings (SSSR count). The second-order valence-electron chi connectivity index (χ2n) is 5.26. The molecule has 0 amide bonds. The molecule has 2 aromatic heterocycles. The van der Waals surface area contributed by atoms with E-state index in [9.17, 15) is 4.39 Å². The highest BCUT2D eigenvalue weighted by atomic mass is 19.1. The first-order valence-corrected chi connectivity index (χ1v) is 7.40. The van der Waals surface area contributed by atoms with Crippen molar-refractivity contribution in [2.24, 2.45) is 0 Å². The predicted molar refractivity (Wildman–Crippen MR) is 89.2 cm³/mol. The SMILES string of the molecule is COc1ccc(-c2c(-c3ccccc3F)oc3ncncc23)cc1. The van der Waals surface area contributed by atoms with Gasteiger partial charge in [0.05, 0.1) is 18.1 Å². The van der Waals surface area contributed by atoms with Crippen LogP contribution in [0.1, 0.15) is 0 Å². The van der Waals surface area contributed by atoms with Crippen molar-refractivity contribution in [1.29, 1.82) is 0 Å². The number of methoxy groups -OCH3 is 1. The van der Waals surface area contributed by atoms with Gasteiger partial charge in [-0.25, -0.2) is 14.4 Å². The van der Waals surface area contributed by atoms with E-state index in [2.05, 4.69) is 9.97 Å². The molecule has 2 aromatic carbocycles. The Labute approximate surface area is 137 Å². The van der Waals surface area contributed by atoms with Crippen molar-refractivity contribution < 1.29 is 13.5 Å². The van der Waals surface area contributed by atoms with E-state index in [4.69, 9.17) is 9.15 Å². The minimum Gasteiger partial charge on any atom is -0.497 e. The maximum atomic E-state index is 14.3. The Hall–Kier alpha value is -3.21. The Morgan fingerprint density at radius 3 is 2.58 bits per heavy atom. The molecule has 0 bridgehead atoms. The van der Waals surface area contributed by atoms with Crippen LogP contribution in [0.5, 0.6) is 5.75 Å². The number of aromatic nitrogens is 2.